The molecule has 4 nitrogen and oxygen atoms in total. The number of rotatable bonds is 4. The zero-order chi connectivity index (χ0) is 14.0. The Labute approximate surface area is 121 Å². The van der Waals surface area contributed by atoms with Crippen molar-refractivity contribution in [2.45, 2.75) is 19.5 Å². The average molecular weight is 328 g/mol. The molecule has 1 aliphatic heterocycles. The molecular weight excluding hydrogens is 310 g/mol. The van der Waals surface area contributed by atoms with Crippen LogP contribution in [0, 0.1) is 12.8 Å². The van der Waals surface area contributed by atoms with Gasteiger partial charge in [-0.25, -0.2) is 0 Å². The number of aliphatic carboxylic acids is 1. The van der Waals surface area contributed by atoms with Crippen molar-refractivity contribution < 1.29 is 14.6 Å². The van der Waals surface area contributed by atoms with E-state index in [-0.39, 0.29) is 6.04 Å². The van der Waals surface area contributed by atoms with E-state index in [0.29, 0.717) is 13.2 Å². The molecular formula is C14H18BrNO3. The van der Waals surface area contributed by atoms with Crippen LogP contribution in [-0.2, 0) is 16.1 Å². The third-order valence-corrected chi connectivity index (χ3v) is 4.46. The maximum absolute atomic E-state index is 11.2. The number of ether oxygens (including phenoxy) is 1. The highest BCUT2D eigenvalue weighted by Gasteiger charge is 2.36. The lowest BCUT2D eigenvalue weighted by molar-refractivity contribution is -0.143. The van der Waals surface area contributed by atoms with Crippen molar-refractivity contribution in [1.29, 1.82) is 0 Å². The van der Waals surface area contributed by atoms with Crippen molar-refractivity contribution in [3.63, 3.8) is 0 Å². The number of carboxylic acids is 1. The first kappa shape index (κ1) is 14.5. The number of hydrogen-bond acceptors (Lipinski definition) is 3. The van der Waals surface area contributed by atoms with Crippen LogP contribution in [0.25, 0.3) is 0 Å². The molecule has 0 aliphatic carbocycles. The molecule has 1 saturated heterocycles. The number of nitrogens with zero attached hydrogens (tertiary/aromatic N) is 1. The van der Waals surface area contributed by atoms with Crippen LogP contribution in [0.5, 0.6) is 0 Å². The van der Waals surface area contributed by atoms with Crippen LogP contribution in [0.3, 0.4) is 0 Å². The third kappa shape index (κ3) is 3.35. The fourth-order valence-corrected chi connectivity index (χ4v) is 2.78. The summed E-state index contributed by atoms with van der Waals surface area (Å²) in [5, 5.41) is 9.16. The van der Waals surface area contributed by atoms with Crippen molar-refractivity contribution in [3.05, 3.63) is 33.8 Å². The van der Waals surface area contributed by atoms with Crippen molar-refractivity contribution in [2.75, 3.05) is 20.3 Å². The van der Waals surface area contributed by atoms with Gasteiger partial charge in [-0.05, 0) is 31.2 Å². The van der Waals surface area contributed by atoms with Gasteiger partial charge in [-0.15, -0.1) is 0 Å². The van der Waals surface area contributed by atoms with Gasteiger partial charge in [-0.2, -0.15) is 0 Å². The Hall–Kier alpha value is -0.910. The minimum absolute atomic E-state index is 0.0578. The molecule has 1 heterocycles. The molecule has 0 amide bonds. The number of hydrogen-bond donors (Lipinski definition) is 1. The Balaban J connectivity index is 2.05. The van der Waals surface area contributed by atoms with Gasteiger partial charge < -0.3 is 9.84 Å². The summed E-state index contributed by atoms with van der Waals surface area (Å²) in [6, 6.07) is 6.16. The second-order valence-corrected chi connectivity index (χ2v) is 5.90. The smallest absolute Gasteiger partial charge is 0.310 e. The standard InChI is InChI=1S/C14H18BrNO3/c1-9-3-4-10(5-12(9)15)6-16(2)13-8-19-7-11(13)14(17)18/h3-5,11,13H,6-8H2,1-2H3,(H,17,18). The average Bonchev–Trinajstić information content (AvgIpc) is 2.83. The summed E-state index contributed by atoms with van der Waals surface area (Å²) >= 11 is 3.52. The molecule has 1 fully saturated rings. The van der Waals surface area contributed by atoms with Crippen molar-refractivity contribution in [2.24, 2.45) is 5.92 Å². The van der Waals surface area contributed by atoms with E-state index in [9.17, 15) is 4.79 Å². The highest BCUT2D eigenvalue weighted by molar-refractivity contribution is 9.10. The minimum Gasteiger partial charge on any atom is -0.481 e. The number of carbonyl (C=O) groups is 1. The molecule has 0 saturated carbocycles. The summed E-state index contributed by atoms with van der Waals surface area (Å²) in [4.78, 5) is 13.2. The monoisotopic (exact) mass is 327 g/mol. The van der Waals surface area contributed by atoms with Crippen LogP contribution in [0.1, 0.15) is 11.1 Å². The Kier molecular flexibility index (Phi) is 4.60. The maximum Gasteiger partial charge on any atom is 0.310 e. The summed E-state index contributed by atoms with van der Waals surface area (Å²) in [5.74, 6) is -1.21. The molecule has 1 aromatic carbocycles. The Morgan fingerprint density at radius 1 is 1.53 bits per heavy atom. The Morgan fingerprint density at radius 2 is 2.26 bits per heavy atom. The normalized spacial score (nSPS) is 22.9. The molecule has 0 spiro atoms. The van der Waals surface area contributed by atoms with E-state index in [2.05, 4.69) is 39.0 Å². The van der Waals surface area contributed by atoms with Gasteiger partial charge in [0.2, 0.25) is 0 Å². The summed E-state index contributed by atoms with van der Waals surface area (Å²) < 4.78 is 6.38. The summed E-state index contributed by atoms with van der Waals surface area (Å²) in [5.41, 5.74) is 2.36. The first-order chi connectivity index (χ1) is 8.99. The van der Waals surface area contributed by atoms with Crippen LogP contribution < -0.4 is 0 Å². The van der Waals surface area contributed by atoms with Crippen molar-refractivity contribution in [1.82, 2.24) is 4.90 Å². The first-order valence-electron chi connectivity index (χ1n) is 6.25. The highest BCUT2D eigenvalue weighted by Crippen LogP contribution is 2.23. The summed E-state index contributed by atoms with van der Waals surface area (Å²) in [6.07, 6.45) is 0. The molecule has 0 aromatic heterocycles. The van der Waals surface area contributed by atoms with E-state index in [0.717, 1.165) is 16.6 Å². The van der Waals surface area contributed by atoms with Crippen LogP contribution in [0.15, 0.2) is 22.7 Å². The van der Waals surface area contributed by atoms with Gasteiger partial charge in [-0.3, -0.25) is 9.69 Å². The van der Waals surface area contributed by atoms with Gasteiger partial charge in [0.15, 0.2) is 0 Å². The van der Waals surface area contributed by atoms with Crippen LogP contribution in [-0.4, -0.2) is 42.3 Å². The molecule has 19 heavy (non-hydrogen) atoms. The molecule has 2 atom stereocenters. The molecule has 0 bridgehead atoms. The van der Waals surface area contributed by atoms with E-state index in [1.165, 1.54) is 5.56 Å². The molecule has 1 aliphatic rings. The summed E-state index contributed by atoms with van der Waals surface area (Å²) in [6.45, 7) is 3.56. The van der Waals surface area contributed by atoms with Gasteiger partial charge in [0, 0.05) is 17.1 Å². The van der Waals surface area contributed by atoms with Gasteiger partial charge in [0.25, 0.3) is 0 Å². The second kappa shape index (κ2) is 6.03. The zero-order valence-electron chi connectivity index (χ0n) is 11.1. The lowest BCUT2D eigenvalue weighted by atomic mass is 10.0. The predicted octanol–water partition coefficient (Wildman–Crippen LogP) is 2.29. The van der Waals surface area contributed by atoms with Crippen molar-refractivity contribution in [3.8, 4) is 0 Å². The molecule has 104 valence electrons. The maximum atomic E-state index is 11.2. The van der Waals surface area contributed by atoms with Gasteiger partial charge in [0.1, 0.15) is 0 Å². The number of halogens is 1. The Morgan fingerprint density at radius 3 is 2.89 bits per heavy atom. The number of benzene rings is 1. The summed E-state index contributed by atoms with van der Waals surface area (Å²) in [7, 11) is 1.95. The van der Waals surface area contributed by atoms with Gasteiger partial charge in [-0.1, -0.05) is 28.1 Å². The topological polar surface area (TPSA) is 49.8 Å². The number of carboxylic acid groups (broad SMARTS) is 1. The van der Waals surface area contributed by atoms with E-state index >= 15 is 0 Å². The van der Waals surface area contributed by atoms with Gasteiger partial charge >= 0.3 is 5.97 Å². The van der Waals surface area contributed by atoms with E-state index in [1.54, 1.807) is 0 Å². The molecule has 0 radical (unpaired) electrons. The predicted molar refractivity (Wildman–Crippen MR) is 76.1 cm³/mol. The number of aryl methyl sites for hydroxylation is 1. The SMILES string of the molecule is Cc1ccc(CN(C)C2COCC2C(=O)O)cc1Br. The molecule has 5 heteroatoms. The molecule has 2 rings (SSSR count). The molecule has 1 N–H and O–H groups in total. The Bertz CT molecular complexity index is 478. The second-order valence-electron chi connectivity index (χ2n) is 5.05. The van der Waals surface area contributed by atoms with E-state index in [4.69, 9.17) is 9.84 Å². The lowest BCUT2D eigenvalue weighted by Crippen LogP contribution is -2.40. The highest BCUT2D eigenvalue weighted by atomic mass is 79.9. The number of likely N-dealkylation sites (N-methyl/N-ethyl adjacent to an activating group) is 1. The lowest BCUT2D eigenvalue weighted by Gasteiger charge is -2.26. The van der Waals surface area contributed by atoms with E-state index in [1.807, 2.05) is 14.0 Å². The first-order valence-corrected chi connectivity index (χ1v) is 7.04. The fraction of sp³-hybridized carbons (Fsp3) is 0.500. The van der Waals surface area contributed by atoms with E-state index < -0.39 is 11.9 Å². The van der Waals surface area contributed by atoms with Crippen LogP contribution in [0.4, 0.5) is 0 Å². The zero-order valence-corrected chi connectivity index (χ0v) is 12.7. The molecule has 2 unspecified atom stereocenters. The fourth-order valence-electron chi connectivity index (χ4n) is 2.35. The van der Waals surface area contributed by atoms with Crippen LogP contribution >= 0.6 is 15.9 Å². The van der Waals surface area contributed by atoms with Gasteiger partial charge in [0.05, 0.1) is 19.1 Å². The van der Waals surface area contributed by atoms with Crippen molar-refractivity contribution >= 4 is 21.9 Å². The van der Waals surface area contributed by atoms with Crippen LogP contribution in [0.2, 0.25) is 0 Å². The third-order valence-electron chi connectivity index (χ3n) is 3.60. The minimum atomic E-state index is -0.778. The largest absolute Gasteiger partial charge is 0.481 e. The molecule has 1 aromatic rings. The quantitative estimate of drug-likeness (QED) is 0.921.